The predicted octanol–water partition coefficient (Wildman–Crippen LogP) is -0.175. The smallest absolute Gasteiger partial charge is 0.333 e. The van der Waals surface area contributed by atoms with Crippen molar-refractivity contribution in [3.63, 3.8) is 0 Å². The largest absolute Gasteiger partial charge is 0.457 e. The highest BCUT2D eigenvalue weighted by Crippen LogP contribution is 2.22. The number of aliphatic hydroxyl groups is 1. The van der Waals surface area contributed by atoms with Crippen molar-refractivity contribution in [2.75, 3.05) is 13.2 Å². The standard InChI is InChI=1S/C7H10O4/c1-5(2)6(8)10-3-7(9)4-11-7/h9H,1,3-4H2,2H3. The summed E-state index contributed by atoms with van der Waals surface area (Å²) in [4.78, 5) is 10.7. The molecule has 0 aromatic rings. The van der Waals surface area contributed by atoms with Gasteiger partial charge in [0.1, 0.15) is 13.2 Å². The second-order valence-electron chi connectivity index (χ2n) is 2.59. The second-order valence-corrected chi connectivity index (χ2v) is 2.59. The maximum atomic E-state index is 10.7. The lowest BCUT2D eigenvalue weighted by Crippen LogP contribution is -2.21. The number of esters is 1. The molecular formula is C7H10O4. The van der Waals surface area contributed by atoms with Gasteiger partial charge in [-0.05, 0) is 6.92 Å². The first-order valence-electron chi connectivity index (χ1n) is 3.22. The molecule has 4 nitrogen and oxygen atoms in total. The molecule has 1 aliphatic rings. The summed E-state index contributed by atoms with van der Waals surface area (Å²) in [6, 6.07) is 0. The van der Waals surface area contributed by atoms with Gasteiger partial charge in [0.2, 0.25) is 5.79 Å². The van der Waals surface area contributed by atoms with E-state index in [-0.39, 0.29) is 13.2 Å². The first kappa shape index (κ1) is 8.23. The van der Waals surface area contributed by atoms with Gasteiger partial charge in [0.15, 0.2) is 0 Å². The van der Waals surface area contributed by atoms with Gasteiger partial charge in [0.25, 0.3) is 0 Å². The van der Waals surface area contributed by atoms with Crippen LogP contribution in [0.15, 0.2) is 12.2 Å². The monoisotopic (exact) mass is 158 g/mol. The minimum absolute atomic E-state index is 0.112. The zero-order valence-electron chi connectivity index (χ0n) is 6.29. The first-order valence-corrected chi connectivity index (χ1v) is 3.22. The third kappa shape index (κ3) is 2.32. The molecule has 0 saturated carbocycles. The van der Waals surface area contributed by atoms with Gasteiger partial charge in [-0.2, -0.15) is 0 Å². The van der Waals surface area contributed by atoms with Crippen molar-refractivity contribution in [3.05, 3.63) is 12.2 Å². The third-order valence-corrected chi connectivity index (χ3v) is 1.25. The third-order valence-electron chi connectivity index (χ3n) is 1.25. The number of hydrogen-bond acceptors (Lipinski definition) is 4. The van der Waals surface area contributed by atoms with Crippen LogP contribution < -0.4 is 0 Å². The molecule has 11 heavy (non-hydrogen) atoms. The summed E-state index contributed by atoms with van der Waals surface area (Å²) in [5, 5.41) is 9.03. The Morgan fingerprint density at radius 3 is 2.82 bits per heavy atom. The van der Waals surface area contributed by atoms with Crippen molar-refractivity contribution in [2.24, 2.45) is 0 Å². The Morgan fingerprint density at radius 2 is 2.45 bits per heavy atom. The van der Waals surface area contributed by atoms with Crippen molar-refractivity contribution in [1.29, 1.82) is 0 Å². The fraction of sp³-hybridized carbons (Fsp3) is 0.571. The summed E-state index contributed by atoms with van der Waals surface area (Å²) in [6.45, 7) is 5.04. The van der Waals surface area contributed by atoms with Gasteiger partial charge in [-0.3, -0.25) is 0 Å². The van der Waals surface area contributed by atoms with Crippen molar-refractivity contribution in [1.82, 2.24) is 0 Å². The predicted molar refractivity (Wildman–Crippen MR) is 36.7 cm³/mol. The lowest BCUT2D eigenvalue weighted by atomic mass is 10.3. The van der Waals surface area contributed by atoms with Crippen molar-refractivity contribution in [3.8, 4) is 0 Å². The van der Waals surface area contributed by atoms with Gasteiger partial charge < -0.3 is 14.6 Å². The van der Waals surface area contributed by atoms with Crippen LogP contribution in [0.3, 0.4) is 0 Å². The Morgan fingerprint density at radius 1 is 1.91 bits per heavy atom. The fourth-order valence-electron chi connectivity index (χ4n) is 0.468. The van der Waals surface area contributed by atoms with Crippen molar-refractivity contribution >= 4 is 5.97 Å². The molecule has 1 rings (SSSR count). The summed E-state index contributed by atoms with van der Waals surface area (Å²) in [5.74, 6) is -1.72. The first-order chi connectivity index (χ1) is 5.03. The van der Waals surface area contributed by atoms with Crippen LogP contribution in [-0.4, -0.2) is 30.1 Å². The number of ether oxygens (including phenoxy) is 2. The van der Waals surface area contributed by atoms with Crippen LogP contribution in [0.2, 0.25) is 0 Å². The average Bonchev–Trinajstić information content (AvgIpc) is 2.64. The van der Waals surface area contributed by atoms with E-state index >= 15 is 0 Å². The lowest BCUT2D eigenvalue weighted by Gasteiger charge is -2.05. The van der Waals surface area contributed by atoms with Crippen LogP contribution in [0.4, 0.5) is 0 Å². The van der Waals surface area contributed by atoms with Gasteiger partial charge in [-0.25, -0.2) is 4.79 Å². The maximum Gasteiger partial charge on any atom is 0.333 e. The van der Waals surface area contributed by atoms with E-state index in [0.717, 1.165) is 0 Å². The van der Waals surface area contributed by atoms with E-state index in [4.69, 9.17) is 5.11 Å². The lowest BCUT2D eigenvalue weighted by molar-refractivity contribution is -0.146. The van der Waals surface area contributed by atoms with E-state index in [1.54, 1.807) is 6.92 Å². The van der Waals surface area contributed by atoms with Crippen LogP contribution in [-0.2, 0) is 14.3 Å². The molecule has 1 unspecified atom stereocenters. The maximum absolute atomic E-state index is 10.7. The molecule has 0 bridgehead atoms. The highest BCUT2D eigenvalue weighted by Gasteiger charge is 2.44. The molecule has 0 aromatic heterocycles. The number of rotatable bonds is 3. The van der Waals surface area contributed by atoms with Crippen LogP contribution in [0.1, 0.15) is 6.92 Å². The fourth-order valence-corrected chi connectivity index (χ4v) is 0.468. The van der Waals surface area contributed by atoms with Gasteiger partial charge in [0.05, 0.1) is 0 Å². The Hall–Kier alpha value is -0.870. The highest BCUT2D eigenvalue weighted by molar-refractivity contribution is 5.86. The van der Waals surface area contributed by atoms with Crippen molar-refractivity contribution < 1.29 is 19.4 Å². The molecule has 1 saturated heterocycles. The van der Waals surface area contributed by atoms with Crippen LogP contribution >= 0.6 is 0 Å². The van der Waals surface area contributed by atoms with Crippen LogP contribution in [0.5, 0.6) is 0 Å². The molecule has 0 radical (unpaired) electrons. The Balaban J connectivity index is 2.22. The molecule has 0 aromatic carbocycles. The molecule has 1 atom stereocenters. The Labute approximate surface area is 64.4 Å². The normalized spacial score (nSPS) is 27.8. The summed E-state index contributed by atoms with van der Waals surface area (Å²) in [5.41, 5.74) is 0.314. The SMILES string of the molecule is C=C(C)C(=O)OCC1(O)CO1. The van der Waals surface area contributed by atoms with Gasteiger partial charge in [-0.15, -0.1) is 0 Å². The molecule has 0 spiro atoms. The summed E-state index contributed by atoms with van der Waals surface area (Å²) in [7, 11) is 0. The van der Waals surface area contributed by atoms with E-state index in [1.807, 2.05) is 0 Å². The number of epoxide rings is 1. The van der Waals surface area contributed by atoms with Gasteiger partial charge in [0, 0.05) is 5.57 Å². The molecule has 4 heteroatoms. The summed E-state index contributed by atoms with van der Waals surface area (Å²) >= 11 is 0. The van der Waals surface area contributed by atoms with E-state index in [0.29, 0.717) is 5.57 Å². The Bertz CT molecular complexity index is 193. The zero-order chi connectivity index (χ0) is 8.48. The minimum atomic E-state index is -1.22. The van der Waals surface area contributed by atoms with E-state index < -0.39 is 11.8 Å². The number of hydrogen-bond donors (Lipinski definition) is 1. The molecule has 1 fully saturated rings. The van der Waals surface area contributed by atoms with E-state index in [9.17, 15) is 4.79 Å². The summed E-state index contributed by atoms with van der Waals surface area (Å²) in [6.07, 6.45) is 0. The highest BCUT2D eigenvalue weighted by atomic mass is 16.7. The molecule has 0 aliphatic carbocycles. The molecule has 62 valence electrons. The van der Waals surface area contributed by atoms with Crippen molar-refractivity contribution in [2.45, 2.75) is 12.7 Å². The topological polar surface area (TPSA) is 59.1 Å². The van der Waals surface area contributed by atoms with Gasteiger partial charge in [-0.1, -0.05) is 6.58 Å². The van der Waals surface area contributed by atoms with Crippen LogP contribution in [0, 0.1) is 0 Å². The second kappa shape index (κ2) is 2.64. The van der Waals surface area contributed by atoms with Crippen LogP contribution in [0.25, 0.3) is 0 Å². The zero-order valence-corrected chi connectivity index (χ0v) is 6.29. The molecule has 1 aliphatic heterocycles. The van der Waals surface area contributed by atoms with E-state index in [2.05, 4.69) is 16.1 Å². The molecule has 1 N–H and O–H groups in total. The average molecular weight is 158 g/mol. The Kier molecular flexibility index (Phi) is 1.97. The molecular weight excluding hydrogens is 148 g/mol. The number of carbonyl (C=O) groups is 1. The quantitative estimate of drug-likeness (QED) is 0.352. The van der Waals surface area contributed by atoms with Gasteiger partial charge >= 0.3 is 5.97 Å². The molecule has 1 heterocycles. The molecule has 0 amide bonds. The van der Waals surface area contributed by atoms with E-state index in [1.165, 1.54) is 0 Å². The minimum Gasteiger partial charge on any atom is -0.457 e. The summed E-state index contributed by atoms with van der Waals surface area (Å²) < 4.78 is 9.19. The number of carbonyl (C=O) groups excluding carboxylic acids is 1.